The third-order valence-corrected chi connectivity index (χ3v) is 4.31. The molecule has 0 aliphatic heterocycles. The first-order valence-corrected chi connectivity index (χ1v) is 8.24. The topological polar surface area (TPSA) is 12.5 Å². The van der Waals surface area contributed by atoms with Gasteiger partial charge in [0.25, 0.3) is 0 Å². The zero-order chi connectivity index (χ0) is 22.0. The van der Waals surface area contributed by atoms with Crippen LogP contribution in [0.5, 0.6) is 0 Å². The number of methoxy groups -OCH3 is 1. The minimum absolute atomic E-state index is 0.0577. The van der Waals surface area contributed by atoms with E-state index in [4.69, 9.17) is 4.74 Å². The molecule has 0 aliphatic rings. The molecule has 2 nitrogen and oxygen atoms in total. The molecule has 0 radical (unpaired) electrons. The third-order valence-electron chi connectivity index (χ3n) is 4.31. The molecule has 0 aromatic heterocycles. The highest BCUT2D eigenvalue weighted by Crippen LogP contribution is 2.55. The van der Waals surface area contributed by atoms with Gasteiger partial charge in [-0.05, 0) is 31.5 Å². The highest BCUT2D eigenvalue weighted by Gasteiger charge is 2.81. The molecule has 0 bridgehead atoms. The molecule has 1 unspecified atom stereocenters. The van der Waals surface area contributed by atoms with E-state index in [0.29, 0.717) is 18.8 Å². The van der Waals surface area contributed by atoms with Crippen LogP contribution >= 0.6 is 0 Å². The number of hydrogen-bond acceptors (Lipinski definition) is 2. The predicted molar refractivity (Wildman–Crippen MR) is 85.3 cm³/mol. The summed E-state index contributed by atoms with van der Waals surface area (Å²) >= 11 is 0. The van der Waals surface area contributed by atoms with Gasteiger partial charge < -0.3 is 9.64 Å². The summed E-state index contributed by atoms with van der Waals surface area (Å²) in [5, 5.41) is 0. The van der Waals surface area contributed by atoms with Crippen LogP contribution in [0.4, 0.5) is 45.2 Å². The standard InChI is InChI=1S/C17H20F9NO/c1-4-27(5-2)12-8-6-7-11(9-12)13(28-3)10-14(18,19)15(20,21)16(22,23)17(24,25)26/h6-9,13H,4-5,10H2,1-3H3. The second-order valence-electron chi connectivity index (χ2n) is 6.05. The maximum absolute atomic E-state index is 13.9. The first kappa shape index (κ1) is 24.4. The molecule has 0 N–H and O–H groups in total. The Morgan fingerprint density at radius 3 is 1.86 bits per heavy atom. The van der Waals surface area contributed by atoms with Gasteiger partial charge >= 0.3 is 23.9 Å². The monoisotopic (exact) mass is 425 g/mol. The van der Waals surface area contributed by atoms with E-state index in [9.17, 15) is 39.5 Å². The maximum atomic E-state index is 13.9. The van der Waals surface area contributed by atoms with E-state index in [1.165, 1.54) is 18.2 Å². The van der Waals surface area contributed by atoms with E-state index in [-0.39, 0.29) is 5.56 Å². The summed E-state index contributed by atoms with van der Waals surface area (Å²) in [5.74, 6) is -19.3. The lowest BCUT2D eigenvalue weighted by atomic mass is 9.95. The van der Waals surface area contributed by atoms with Crippen LogP contribution < -0.4 is 4.90 Å². The quantitative estimate of drug-likeness (QED) is 0.445. The molecule has 1 aromatic carbocycles. The Hall–Kier alpha value is -1.65. The van der Waals surface area contributed by atoms with Crippen molar-refractivity contribution >= 4 is 5.69 Å². The molecule has 11 heteroatoms. The summed E-state index contributed by atoms with van der Waals surface area (Å²) in [6.45, 7) is 4.67. The molecule has 0 fully saturated rings. The molecule has 0 heterocycles. The summed E-state index contributed by atoms with van der Waals surface area (Å²) in [6.07, 6.45) is -10.7. The SMILES string of the molecule is CCN(CC)c1cccc(C(CC(F)(F)C(F)(F)C(F)(F)C(F)(F)F)OC)c1. The molecule has 0 amide bonds. The zero-order valence-electron chi connectivity index (χ0n) is 15.3. The second-order valence-corrected chi connectivity index (χ2v) is 6.05. The van der Waals surface area contributed by atoms with Crippen LogP contribution in [0.2, 0.25) is 0 Å². The number of rotatable bonds is 9. The van der Waals surface area contributed by atoms with Gasteiger partial charge in [0.05, 0.1) is 6.10 Å². The van der Waals surface area contributed by atoms with Crippen molar-refractivity contribution in [1.29, 1.82) is 0 Å². The highest BCUT2D eigenvalue weighted by molar-refractivity contribution is 5.49. The van der Waals surface area contributed by atoms with E-state index in [2.05, 4.69) is 0 Å². The van der Waals surface area contributed by atoms with Crippen molar-refractivity contribution in [2.75, 3.05) is 25.1 Å². The lowest BCUT2D eigenvalue weighted by Gasteiger charge is -2.35. The van der Waals surface area contributed by atoms with Crippen molar-refractivity contribution in [1.82, 2.24) is 0 Å². The number of anilines is 1. The van der Waals surface area contributed by atoms with E-state index in [0.717, 1.165) is 7.11 Å². The Kier molecular flexibility index (Phi) is 7.30. The number of benzene rings is 1. The van der Waals surface area contributed by atoms with Gasteiger partial charge in [0.15, 0.2) is 0 Å². The number of halogens is 9. The summed E-state index contributed by atoms with van der Waals surface area (Å²) in [5.41, 5.74) is 0.470. The Balaban J connectivity index is 3.23. The van der Waals surface area contributed by atoms with Gasteiger partial charge in [0.1, 0.15) is 0 Å². The van der Waals surface area contributed by atoms with Crippen LogP contribution in [0.1, 0.15) is 31.9 Å². The lowest BCUT2D eigenvalue weighted by molar-refractivity contribution is -0.398. The average molecular weight is 425 g/mol. The molecule has 0 aliphatic carbocycles. The Morgan fingerprint density at radius 1 is 0.893 bits per heavy atom. The van der Waals surface area contributed by atoms with Crippen molar-refractivity contribution in [2.24, 2.45) is 0 Å². The van der Waals surface area contributed by atoms with E-state index in [1.54, 1.807) is 24.8 Å². The fourth-order valence-corrected chi connectivity index (χ4v) is 2.62. The van der Waals surface area contributed by atoms with E-state index < -0.39 is 36.5 Å². The van der Waals surface area contributed by atoms with E-state index in [1.807, 2.05) is 0 Å². The molecule has 0 saturated heterocycles. The van der Waals surface area contributed by atoms with Crippen LogP contribution in [-0.4, -0.2) is 44.1 Å². The number of nitrogens with zero attached hydrogens (tertiary/aromatic N) is 1. The third kappa shape index (κ3) is 4.49. The van der Waals surface area contributed by atoms with Crippen LogP contribution in [0.25, 0.3) is 0 Å². The predicted octanol–water partition coefficient (Wildman–Crippen LogP) is 6.08. The molecule has 1 atom stereocenters. The summed E-state index contributed by atoms with van der Waals surface area (Å²) < 4.78 is 122. The van der Waals surface area contributed by atoms with Crippen molar-refractivity contribution in [2.45, 2.75) is 50.3 Å². The van der Waals surface area contributed by atoms with Gasteiger partial charge in [0, 0.05) is 32.3 Å². The van der Waals surface area contributed by atoms with Gasteiger partial charge in [-0.3, -0.25) is 0 Å². The number of hydrogen-bond donors (Lipinski definition) is 0. The summed E-state index contributed by atoms with van der Waals surface area (Å²) in [4.78, 5) is 1.79. The number of ether oxygens (including phenoxy) is 1. The second kappa shape index (κ2) is 8.38. The van der Waals surface area contributed by atoms with Crippen molar-refractivity contribution in [3.8, 4) is 0 Å². The molecule has 0 saturated carbocycles. The van der Waals surface area contributed by atoms with Crippen LogP contribution in [0.3, 0.4) is 0 Å². The van der Waals surface area contributed by atoms with Crippen molar-refractivity contribution in [3.63, 3.8) is 0 Å². The first-order valence-electron chi connectivity index (χ1n) is 8.24. The van der Waals surface area contributed by atoms with Crippen molar-refractivity contribution in [3.05, 3.63) is 29.8 Å². The van der Waals surface area contributed by atoms with Gasteiger partial charge in [-0.1, -0.05) is 12.1 Å². The zero-order valence-corrected chi connectivity index (χ0v) is 15.3. The Bertz CT molecular complexity index is 642. The van der Waals surface area contributed by atoms with Gasteiger partial charge in [-0.2, -0.15) is 39.5 Å². The van der Waals surface area contributed by atoms with Crippen LogP contribution in [0.15, 0.2) is 24.3 Å². The van der Waals surface area contributed by atoms with Gasteiger partial charge in [0.2, 0.25) is 0 Å². The summed E-state index contributed by atoms with van der Waals surface area (Å²) in [6, 6.07) is 5.58. The molecule has 162 valence electrons. The average Bonchev–Trinajstić information content (AvgIpc) is 2.59. The highest BCUT2D eigenvalue weighted by atomic mass is 19.4. The van der Waals surface area contributed by atoms with Gasteiger partial charge in [-0.25, -0.2) is 0 Å². The van der Waals surface area contributed by atoms with Crippen molar-refractivity contribution < 1.29 is 44.3 Å². The largest absolute Gasteiger partial charge is 0.460 e. The first-order chi connectivity index (χ1) is 12.7. The minimum Gasteiger partial charge on any atom is -0.377 e. The smallest absolute Gasteiger partial charge is 0.377 e. The Morgan fingerprint density at radius 2 is 1.43 bits per heavy atom. The fourth-order valence-electron chi connectivity index (χ4n) is 2.62. The van der Waals surface area contributed by atoms with Gasteiger partial charge in [-0.15, -0.1) is 0 Å². The number of alkyl halides is 9. The minimum atomic E-state index is -6.91. The molecule has 1 aromatic rings. The molecular formula is C17H20F9NO. The fraction of sp³-hybridized carbons (Fsp3) is 0.647. The summed E-state index contributed by atoms with van der Waals surface area (Å²) in [7, 11) is 0.866. The maximum Gasteiger partial charge on any atom is 0.460 e. The normalized spacial score (nSPS) is 14.9. The molecule has 28 heavy (non-hydrogen) atoms. The van der Waals surface area contributed by atoms with Crippen LogP contribution in [-0.2, 0) is 4.74 Å². The van der Waals surface area contributed by atoms with Crippen LogP contribution in [0, 0.1) is 0 Å². The molecular weight excluding hydrogens is 405 g/mol. The molecule has 1 rings (SSSR count). The van der Waals surface area contributed by atoms with E-state index >= 15 is 0 Å². The lowest BCUT2D eigenvalue weighted by Crippen LogP contribution is -2.61. The molecule has 0 spiro atoms. The Labute approximate surface area is 156 Å².